The molecule has 2 amide bonds. The molecule has 1 fully saturated rings. The quantitative estimate of drug-likeness (QED) is 0.890. The molecule has 1 aliphatic heterocycles. The highest BCUT2D eigenvalue weighted by atomic mass is 16.5. The van der Waals surface area contributed by atoms with Gasteiger partial charge in [-0.2, -0.15) is 0 Å². The van der Waals surface area contributed by atoms with Crippen molar-refractivity contribution in [2.75, 3.05) is 6.54 Å². The fraction of sp³-hybridized carbons (Fsp3) is 0.474. The molecule has 3 rings (SSSR count). The zero-order chi connectivity index (χ0) is 18.7. The Balaban J connectivity index is 1.78. The van der Waals surface area contributed by atoms with Gasteiger partial charge in [0.1, 0.15) is 0 Å². The summed E-state index contributed by atoms with van der Waals surface area (Å²) in [6.07, 6.45) is 3.55. The molecule has 0 radical (unpaired) electrons. The Morgan fingerprint density at radius 1 is 1.38 bits per heavy atom. The number of aromatic nitrogens is 2. The summed E-state index contributed by atoms with van der Waals surface area (Å²) in [6, 6.07) is 5.59. The number of nitrogens with one attached hydrogen (secondary N) is 1. The molecule has 0 aliphatic carbocycles. The van der Waals surface area contributed by atoms with Crippen molar-refractivity contribution in [1.82, 2.24) is 20.4 Å². The van der Waals surface area contributed by atoms with Crippen LogP contribution in [0.4, 0.5) is 0 Å². The van der Waals surface area contributed by atoms with Crippen molar-refractivity contribution in [2.45, 2.75) is 52.1 Å². The molecule has 0 bridgehead atoms. The summed E-state index contributed by atoms with van der Waals surface area (Å²) in [5, 5.41) is 6.74. The minimum Gasteiger partial charge on any atom is -0.351 e. The topological polar surface area (TPSA) is 88.3 Å². The molecule has 7 nitrogen and oxygen atoms in total. The van der Waals surface area contributed by atoms with E-state index in [4.69, 9.17) is 4.52 Å². The molecule has 1 N–H and O–H groups in total. The summed E-state index contributed by atoms with van der Waals surface area (Å²) >= 11 is 0. The maximum absolute atomic E-state index is 12.9. The molecule has 1 saturated heterocycles. The molecule has 3 heterocycles. The highest BCUT2D eigenvalue weighted by molar-refractivity contribution is 5.92. The molecule has 2 aromatic rings. The van der Waals surface area contributed by atoms with Gasteiger partial charge in [0.15, 0.2) is 0 Å². The standard InChI is InChI=1S/C19H24N4O3/c1-12(2)16-10-18(26-22-16)19(25)23-8-4-5-17(23)14-6-7-20-15(9-14)11-21-13(3)24/h6-7,9-10,12,17H,4-5,8,11H2,1-3H3,(H,21,24). The Labute approximate surface area is 152 Å². The predicted octanol–water partition coefficient (Wildman–Crippen LogP) is 2.81. The molecule has 7 heteroatoms. The molecule has 1 unspecified atom stereocenters. The van der Waals surface area contributed by atoms with Gasteiger partial charge < -0.3 is 14.7 Å². The van der Waals surface area contributed by atoms with Crippen LogP contribution in [0.2, 0.25) is 0 Å². The van der Waals surface area contributed by atoms with E-state index in [1.807, 2.05) is 30.9 Å². The van der Waals surface area contributed by atoms with Gasteiger partial charge in [-0.15, -0.1) is 0 Å². The highest BCUT2D eigenvalue weighted by Crippen LogP contribution is 2.33. The van der Waals surface area contributed by atoms with Crippen LogP contribution < -0.4 is 5.32 Å². The van der Waals surface area contributed by atoms with Gasteiger partial charge >= 0.3 is 0 Å². The van der Waals surface area contributed by atoms with Crippen molar-refractivity contribution in [1.29, 1.82) is 0 Å². The van der Waals surface area contributed by atoms with E-state index in [1.165, 1.54) is 6.92 Å². The van der Waals surface area contributed by atoms with Crippen molar-refractivity contribution in [3.63, 3.8) is 0 Å². The van der Waals surface area contributed by atoms with Crippen LogP contribution in [0, 0.1) is 0 Å². The molecule has 0 aromatic carbocycles. The van der Waals surface area contributed by atoms with Gasteiger partial charge in [-0.25, -0.2) is 0 Å². The first-order chi connectivity index (χ1) is 12.5. The third-order valence-corrected chi connectivity index (χ3v) is 4.59. The molecule has 1 atom stereocenters. The first-order valence-electron chi connectivity index (χ1n) is 8.92. The van der Waals surface area contributed by atoms with Crippen molar-refractivity contribution in [3.8, 4) is 0 Å². The van der Waals surface area contributed by atoms with Crippen LogP contribution in [0.3, 0.4) is 0 Å². The van der Waals surface area contributed by atoms with E-state index in [1.54, 1.807) is 12.3 Å². The van der Waals surface area contributed by atoms with Crippen LogP contribution in [0.5, 0.6) is 0 Å². The third kappa shape index (κ3) is 3.92. The number of rotatable bonds is 5. The average molecular weight is 356 g/mol. The van der Waals surface area contributed by atoms with E-state index < -0.39 is 0 Å². The van der Waals surface area contributed by atoms with E-state index in [2.05, 4.69) is 15.5 Å². The van der Waals surface area contributed by atoms with E-state index in [-0.39, 0.29) is 29.5 Å². The summed E-state index contributed by atoms with van der Waals surface area (Å²) in [5.41, 5.74) is 2.58. The Bertz CT molecular complexity index is 800. The second kappa shape index (κ2) is 7.68. The van der Waals surface area contributed by atoms with Crippen LogP contribution in [0.1, 0.15) is 73.1 Å². The van der Waals surface area contributed by atoms with Gasteiger partial charge in [0, 0.05) is 25.7 Å². The van der Waals surface area contributed by atoms with Crippen molar-refractivity contribution < 1.29 is 14.1 Å². The van der Waals surface area contributed by atoms with Crippen LogP contribution in [0.15, 0.2) is 28.9 Å². The molecule has 1 aliphatic rings. The smallest absolute Gasteiger partial charge is 0.292 e. The van der Waals surface area contributed by atoms with Gasteiger partial charge in [0.05, 0.1) is 24.0 Å². The first kappa shape index (κ1) is 18.1. The van der Waals surface area contributed by atoms with Crippen LogP contribution in [-0.4, -0.2) is 33.4 Å². The minimum atomic E-state index is -0.132. The minimum absolute atomic E-state index is 0.0193. The van der Waals surface area contributed by atoms with E-state index in [0.29, 0.717) is 13.1 Å². The lowest BCUT2D eigenvalue weighted by Gasteiger charge is -2.24. The maximum atomic E-state index is 12.9. The molecule has 0 saturated carbocycles. The summed E-state index contributed by atoms with van der Waals surface area (Å²) in [6.45, 7) is 6.56. The van der Waals surface area contributed by atoms with Crippen LogP contribution in [0.25, 0.3) is 0 Å². The number of pyridine rings is 1. The third-order valence-electron chi connectivity index (χ3n) is 4.59. The fourth-order valence-corrected chi connectivity index (χ4v) is 3.18. The van der Waals surface area contributed by atoms with Crippen LogP contribution in [-0.2, 0) is 11.3 Å². The number of amides is 2. The maximum Gasteiger partial charge on any atom is 0.292 e. The highest BCUT2D eigenvalue weighted by Gasteiger charge is 2.32. The number of hydrogen-bond donors (Lipinski definition) is 1. The van der Waals surface area contributed by atoms with Crippen molar-refractivity contribution in [3.05, 3.63) is 47.1 Å². The Morgan fingerprint density at radius 3 is 2.88 bits per heavy atom. The van der Waals surface area contributed by atoms with E-state index >= 15 is 0 Å². The lowest BCUT2D eigenvalue weighted by atomic mass is 10.0. The second-order valence-corrected chi connectivity index (χ2v) is 6.92. The first-order valence-corrected chi connectivity index (χ1v) is 8.92. The largest absolute Gasteiger partial charge is 0.351 e. The van der Waals surface area contributed by atoms with Crippen molar-refractivity contribution in [2.24, 2.45) is 0 Å². The Morgan fingerprint density at radius 2 is 2.19 bits per heavy atom. The average Bonchev–Trinajstić information content (AvgIpc) is 3.29. The second-order valence-electron chi connectivity index (χ2n) is 6.92. The normalized spacial score (nSPS) is 16.9. The molecule has 2 aromatic heterocycles. The Kier molecular flexibility index (Phi) is 5.35. The van der Waals surface area contributed by atoms with Gasteiger partial charge in [0.25, 0.3) is 5.91 Å². The van der Waals surface area contributed by atoms with Gasteiger partial charge in [0.2, 0.25) is 11.7 Å². The number of hydrogen-bond acceptors (Lipinski definition) is 5. The number of carbonyl (C=O) groups excluding carboxylic acids is 2. The lowest BCUT2D eigenvalue weighted by molar-refractivity contribution is -0.119. The van der Waals surface area contributed by atoms with Gasteiger partial charge in [-0.05, 0) is 36.5 Å². The Hall–Kier alpha value is -2.70. The number of carbonyl (C=O) groups is 2. The zero-order valence-corrected chi connectivity index (χ0v) is 15.4. The summed E-state index contributed by atoms with van der Waals surface area (Å²) < 4.78 is 5.27. The lowest BCUT2D eigenvalue weighted by Crippen LogP contribution is -2.30. The molecular weight excluding hydrogens is 332 g/mol. The SMILES string of the molecule is CC(=O)NCc1cc(C2CCCN2C(=O)c2cc(C(C)C)no2)ccn1. The summed E-state index contributed by atoms with van der Waals surface area (Å²) in [4.78, 5) is 30.1. The summed E-state index contributed by atoms with van der Waals surface area (Å²) in [7, 11) is 0. The van der Waals surface area contributed by atoms with Crippen LogP contribution >= 0.6 is 0 Å². The molecule has 0 spiro atoms. The van der Waals surface area contributed by atoms with E-state index in [9.17, 15) is 9.59 Å². The molecule has 138 valence electrons. The summed E-state index contributed by atoms with van der Waals surface area (Å²) in [5.74, 6) is 0.271. The van der Waals surface area contributed by atoms with E-state index in [0.717, 1.165) is 29.8 Å². The van der Waals surface area contributed by atoms with Gasteiger partial charge in [-0.3, -0.25) is 14.6 Å². The molecule has 26 heavy (non-hydrogen) atoms. The number of nitrogens with zero attached hydrogens (tertiary/aromatic N) is 3. The number of likely N-dealkylation sites (tertiary alicyclic amines) is 1. The fourth-order valence-electron chi connectivity index (χ4n) is 3.18. The predicted molar refractivity (Wildman–Crippen MR) is 95.4 cm³/mol. The van der Waals surface area contributed by atoms with Gasteiger partial charge in [-0.1, -0.05) is 19.0 Å². The van der Waals surface area contributed by atoms with Crippen molar-refractivity contribution >= 4 is 11.8 Å². The molecular formula is C19H24N4O3. The zero-order valence-electron chi connectivity index (χ0n) is 15.4. The monoisotopic (exact) mass is 356 g/mol.